The molecule has 0 spiro atoms. The van der Waals surface area contributed by atoms with Gasteiger partial charge in [-0.25, -0.2) is 9.97 Å². The number of aromatic nitrogens is 2. The highest BCUT2D eigenvalue weighted by Gasteiger charge is 2.05. The van der Waals surface area contributed by atoms with E-state index in [9.17, 15) is 0 Å². The molecule has 0 saturated heterocycles. The highest BCUT2D eigenvalue weighted by atomic mass is 35.5. The van der Waals surface area contributed by atoms with Gasteiger partial charge in [-0.2, -0.15) is 0 Å². The van der Waals surface area contributed by atoms with Gasteiger partial charge in [-0.15, -0.1) is 0 Å². The summed E-state index contributed by atoms with van der Waals surface area (Å²) in [4.78, 5) is 10.9. The molecule has 2 rings (SSSR count). The Labute approximate surface area is 125 Å². The van der Waals surface area contributed by atoms with Crippen LogP contribution in [0.1, 0.15) is 20.3 Å². The van der Waals surface area contributed by atoms with E-state index in [0.29, 0.717) is 0 Å². The van der Waals surface area contributed by atoms with Gasteiger partial charge in [0.25, 0.3) is 0 Å². The standard InChI is InChI=1S/C15H21ClN4/c1-3-20(4-2)11-7-10-17-14-12-8-5-6-9-13(12)18-15(16)19-14/h5-6,8-9H,3-4,7,10-11H2,1-2H3,(H,17,18,19). The lowest BCUT2D eigenvalue weighted by atomic mass is 10.2. The van der Waals surface area contributed by atoms with Gasteiger partial charge >= 0.3 is 0 Å². The molecule has 0 aliphatic carbocycles. The van der Waals surface area contributed by atoms with Crippen molar-refractivity contribution in [2.75, 3.05) is 31.5 Å². The van der Waals surface area contributed by atoms with E-state index in [4.69, 9.17) is 11.6 Å². The van der Waals surface area contributed by atoms with E-state index in [1.54, 1.807) is 0 Å². The molecule has 1 N–H and O–H groups in total. The van der Waals surface area contributed by atoms with Crippen molar-refractivity contribution >= 4 is 28.3 Å². The Morgan fingerprint density at radius 2 is 1.90 bits per heavy atom. The van der Waals surface area contributed by atoms with E-state index in [1.807, 2.05) is 24.3 Å². The lowest BCUT2D eigenvalue weighted by molar-refractivity contribution is 0.303. The van der Waals surface area contributed by atoms with Crippen LogP contribution in [0.15, 0.2) is 24.3 Å². The fourth-order valence-electron chi connectivity index (χ4n) is 2.23. The van der Waals surface area contributed by atoms with Crippen LogP contribution in [0.2, 0.25) is 5.28 Å². The summed E-state index contributed by atoms with van der Waals surface area (Å²) in [6.07, 6.45) is 1.08. The normalized spacial score (nSPS) is 11.2. The Hall–Kier alpha value is -1.39. The molecule has 0 saturated carbocycles. The smallest absolute Gasteiger partial charge is 0.224 e. The van der Waals surface area contributed by atoms with Gasteiger partial charge in [-0.05, 0) is 49.8 Å². The van der Waals surface area contributed by atoms with Gasteiger partial charge < -0.3 is 10.2 Å². The first-order valence-corrected chi connectivity index (χ1v) is 7.51. The fourth-order valence-corrected chi connectivity index (χ4v) is 2.41. The monoisotopic (exact) mass is 292 g/mol. The summed E-state index contributed by atoms with van der Waals surface area (Å²) in [6, 6.07) is 7.90. The van der Waals surface area contributed by atoms with Gasteiger partial charge in [-0.1, -0.05) is 26.0 Å². The number of halogens is 1. The molecular formula is C15H21ClN4. The number of fused-ring (bicyclic) bond motifs is 1. The Balaban J connectivity index is 1.99. The van der Waals surface area contributed by atoms with E-state index in [-0.39, 0.29) is 5.28 Å². The Kier molecular flexibility index (Phi) is 5.56. The van der Waals surface area contributed by atoms with E-state index < -0.39 is 0 Å². The van der Waals surface area contributed by atoms with Gasteiger partial charge in [0.1, 0.15) is 5.82 Å². The van der Waals surface area contributed by atoms with Gasteiger partial charge in [0.2, 0.25) is 5.28 Å². The summed E-state index contributed by atoms with van der Waals surface area (Å²) in [5.41, 5.74) is 0.874. The van der Waals surface area contributed by atoms with Crippen LogP contribution in [0.5, 0.6) is 0 Å². The molecule has 0 aliphatic heterocycles. The summed E-state index contributed by atoms with van der Waals surface area (Å²) < 4.78 is 0. The van der Waals surface area contributed by atoms with Crippen molar-refractivity contribution in [3.8, 4) is 0 Å². The molecule has 20 heavy (non-hydrogen) atoms. The fraction of sp³-hybridized carbons (Fsp3) is 0.467. The zero-order valence-electron chi connectivity index (χ0n) is 12.1. The van der Waals surface area contributed by atoms with E-state index in [0.717, 1.165) is 49.3 Å². The number of nitrogens with one attached hydrogen (secondary N) is 1. The largest absolute Gasteiger partial charge is 0.369 e. The Morgan fingerprint density at radius 3 is 2.65 bits per heavy atom. The van der Waals surface area contributed by atoms with Crippen LogP contribution in [0.4, 0.5) is 5.82 Å². The van der Waals surface area contributed by atoms with Crippen molar-refractivity contribution in [2.45, 2.75) is 20.3 Å². The maximum atomic E-state index is 5.96. The summed E-state index contributed by atoms with van der Waals surface area (Å²) in [7, 11) is 0. The quantitative estimate of drug-likeness (QED) is 0.627. The topological polar surface area (TPSA) is 41.0 Å². The maximum absolute atomic E-state index is 5.96. The van der Waals surface area contributed by atoms with Gasteiger partial charge in [0.05, 0.1) is 5.52 Å². The third-order valence-corrected chi connectivity index (χ3v) is 3.58. The van der Waals surface area contributed by atoms with Crippen LogP contribution in [0, 0.1) is 0 Å². The van der Waals surface area contributed by atoms with Crippen LogP contribution in [0.25, 0.3) is 10.9 Å². The molecule has 0 amide bonds. The molecule has 1 aromatic heterocycles. The van der Waals surface area contributed by atoms with Crippen molar-refractivity contribution in [1.29, 1.82) is 0 Å². The van der Waals surface area contributed by atoms with Gasteiger partial charge in [0, 0.05) is 11.9 Å². The minimum atomic E-state index is 0.287. The molecule has 0 unspecified atom stereocenters. The van der Waals surface area contributed by atoms with Crippen LogP contribution >= 0.6 is 11.6 Å². The third kappa shape index (κ3) is 3.81. The molecule has 0 atom stereocenters. The lowest BCUT2D eigenvalue weighted by Gasteiger charge is -2.18. The van der Waals surface area contributed by atoms with Crippen molar-refractivity contribution in [3.63, 3.8) is 0 Å². The zero-order chi connectivity index (χ0) is 14.4. The average Bonchev–Trinajstić information content (AvgIpc) is 2.47. The number of anilines is 1. The summed E-state index contributed by atoms with van der Waals surface area (Å²) in [5, 5.41) is 4.67. The maximum Gasteiger partial charge on any atom is 0.224 e. The van der Waals surface area contributed by atoms with Gasteiger partial charge in [-0.3, -0.25) is 0 Å². The second-order valence-corrected chi connectivity index (χ2v) is 5.00. The molecule has 0 radical (unpaired) electrons. The number of nitrogens with zero attached hydrogens (tertiary/aromatic N) is 3. The summed E-state index contributed by atoms with van der Waals surface area (Å²) in [5.74, 6) is 0.820. The molecule has 0 fully saturated rings. The number of benzene rings is 1. The predicted molar refractivity (Wildman–Crippen MR) is 85.4 cm³/mol. The van der Waals surface area contributed by atoms with E-state index >= 15 is 0 Å². The van der Waals surface area contributed by atoms with Crippen LogP contribution in [0.3, 0.4) is 0 Å². The average molecular weight is 293 g/mol. The lowest BCUT2D eigenvalue weighted by Crippen LogP contribution is -2.25. The second-order valence-electron chi connectivity index (χ2n) is 4.67. The molecule has 108 valence electrons. The first-order chi connectivity index (χ1) is 9.74. The molecular weight excluding hydrogens is 272 g/mol. The number of para-hydroxylation sites is 1. The molecule has 4 nitrogen and oxygen atoms in total. The number of rotatable bonds is 7. The Morgan fingerprint density at radius 1 is 1.15 bits per heavy atom. The predicted octanol–water partition coefficient (Wildman–Crippen LogP) is 3.43. The van der Waals surface area contributed by atoms with E-state index in [2.05, 4.69) is 34.0 Å². The van der Waals surface area contributed by atoms with Gasteiger partial charge in [0.15, 0.2) is 0 Å². The molecule has 0 bridgehead atoms. The highest BCUT2D eigenvalue weighted by molar-refractivity contribution is 6.28. The number of hydrogen-bond donors (Lipinski definition) is 1. The third-order valence-electron chi connectivity index (χ3n) is 3.41. The first-order valence-electron chi connectivity index (χ1n) is 7.13. The SMILES string of the molecule is CCN(CC)CCCNc1nc(Cl)nc2ccccc12. The molecule has 0 aliphatic rings. The molecule has 2 aromatic rings. The van der Waals surface area contributed by atoms with Crippen LogP contribution in [-0.4, -0.2) is 41.0 Å². The van der Waals surface area contributed by atoms with Crippen LogP contribution in [-0.2, 0) is 0 Å². The molecule has 1 aromatic carbocycles. The highest BCUT2D eigenvalue weighted by Crippen LogP contribution is 2.21. The van der Waals surface area contributed by atoms with Crippen molar-refractivity contribution < 1.29 is 0 Å². The van der Waals surface area contributed by atoms with Crippen molar-refractivity contribution in [2.24, 2.45) is 0 Å². The van der Waals surface area contributed by atoms with Crippen molar-refractivity contribution in [3.05, 3.63) is 29.5 Å². The van der Waals surface area contributed by atoms with Crippen molar-refractivity contribution in [1.82, 2.24) is 14.9 Å². The minimum absolute atomic E-state index is 0.287. The minimum Gasteiger partial charge on any atom is -0.369 e. The zero-order valence-corrected chi connectivity index (χ0v) is 12.8. The van der Waals surface area contributed by atoms with E-state index in [1.165, 1.54) is 0 Å². The molecule has 5 heteroatoms. The molecule has 1 heterocycles. The summed E-state index contributed by atoms with van der Waals surface area (Å²) >= 11 is 5.96. The summed E-state index contributed by atoms with van der Waals surface area (Å²) in [6.45, 7) is 8.55. The van der Waals surface area contributed by atoms with Crippen LogP contribution < -0.4 is 5.32 Å². The number of hydrogen-bond acceptors (Lipinski definition) is 4. The first kappa shape index (κ1) is 15.0. The Bertz CT molecular complexity index is 555. The second kappa shape index (κ2) is 7.41.